The fourth-order valence-electron chi connectivity index (χ4n) is 1.81. The SMILES string of the molecule is CCOc1ccc(COC(=O)c2ccc(C#N)c(F)c2)cc1. The molecule has 0 aromatic heterocycles. The van der Waals surface area contributed by atoms with E-state index >= 15 is 0 Å². The molecule has 0 unspecified atom stereocenters. The van der Waals surface area contributed by atoms with Crippen LogP contribution in [0.4, 0.5) is 4.39 Å². The number of rotatable bonds is 5. The van der Waals surface area contributed by atoms with Crippen molar-refractivity contribution in [1.82, 2.24) is 0 Å². The molecule has 0 saturated carbocycles. The highest BCUT2D eigenvalue weighted by Crippen LogP contribution is 2.14. The third-order valence-electron chi connectivity index (χ3n) is 2.93. The van der Waals surface area contributed by atoms with Gasteiger partial charge in [0.05, 0.1) is 17.7 Å². The van der Waals surface area contributed by atoms with Crippen LogP contribution in [0.5, 0.6) is 5.75 Å². The molecule has 0 aliphatic carbocycles. The van der Waals surface area contributed by atoms with Crippen molar-refractivity contribution in [3.8, 4) is 11.8 Å². The first kappa shape index (κ1) is 15.5. The van der Waals surface area contributed by atoms with Gasteiger partial charge in [0.15, 0.2) is 0 Å². The highest BCUT2D eigenvalue weighted by Gasteiger charge is 2.11. The standard InChI is InChI=1S/C17H14FNO3/c1-2-21-15-7-3-12(4-8-15)11-22-17(20)13-5-6-14(10-19)16(18)9-13/h3-9H,2,11H2,1H3. The number of ether oxygens (including phenoxy) is 2. The number of nitrogens with zero attached hydrogens (tertiary/aromatic N) is 1. The van der Waals surface area contributed by atoms with Crippen LogP contribution in [0.2, 0.25) is 0 Å². The van der Waals surface area contributed by atoms with Gasteiger partial charge in [-0.1, -0.05) is 12.1 Å². The summed E-state index contributed by atoms with van der Waals surface area (Å²) >= 11 is 0. The number of hydrogen-bond donors (Lipinski definition) is 0. The van der Waals surface area contributed by atoms with Gasteiger partial charge in [-0.05, 0) is 42.8 Å². The molecule has 0 bridgehead atoms. The summed E-state index contributed by atoms with van der Waals surface area (Å²) in [7, 11) is 0. The van der Waals surface area contributed by atoms with Crippen molar-refractivity contribution >= 4 is 5.97 Å². The van der Waals surface area contributed by atoms with Crippen molar-refractivity contribution in [2.45, 2.75) is 13.5 Å². The predicted octanol–water partition coefficient (Wildman–Crippen LogP) is 3.45. The summed E-state index contributed by atoms with van der Waals surface area (Å²) in [5.41, 5.74) is 0.761. The molecule has 0 aliphatic heterocycles. The van der Waals surface area contributed by atoms with Crippen LogP contribution in [0.1, 0.15) is 28.4 Å². The number of halogens is 1. The quantitative estimate of drug-likeness (QED) is 0.793. The Morgan fingerprint density at radius 2 is 1.95 bits per heavy atom. The lowest BCUT2D eigenvalue weighted by Gasteiger charge is -2.07. The Labute approximate surface area is 127 Å². The van der Waals surface area contributed by atoms with Crippen LogP contribution in [-0.4, -0.2) is 12.6 Å². The van der Waals surface area contributed by atoms with E-state index in [0.29, 0.717) is 6.61 Å². The Hall–Kier alpha value is -2.87. The number of benzene rings is 2. The second-order valence-electron chi connectivity index (χ2n) is 4.46. The van der Waals surface area contributed by atoms with Gasteiger partial charge in [0.2, 0.25) is 0 Å². The van der Waals surface area contributed by atoms with E-state index in [1.165, 1.54) is 12.1 Å². The fourth-order valence-corrected chi connectivity index (χ4v) is 1.81. The van der Waals surface area contributed by atoms with Gasteiger partial charge in [-0.25, -0.2) is 9.18 Å². The highest BCUT2D eigenvalue weighted by molar-refractivity contribution is 5.89. The van der Waals surface area contributed by atoms with E-state index in [1.54, 1.807) is 30.3 Å². The zero-order valence-electron chi connectivity index (χ0n) is 12.0. The zero-order valence-corrected chi connectivity index (χ0v) is 12.0. The first-order valence-corrected chi connectivity index (χ1v) is 6.72. The van der Waals surface area contributed by atoms with Crippen molar-refractivity contribution in [1.29, 1.82) is 5.26 Å². The Bertz CT molecular complexity index is 705. The second-order valence-corrected chi connectivity index (χ2v) is 4.46. The van der Waals surface area contributed by atoms with Crippen molar-refractivity contribution < 1.29 is 18.7 Å². The summed E-state index contributed by atoms with van der Waals surface area (Å²) in [6.07, 6.45) is 0. The van der Waals surface area contributed by atoms with Crippen LogP contribution in [0.3, 0.4) is 0 Å². The maximum Gasteiger partial charge on any atom is 0.338 e. The van der Waals surface area contributed by atoms with E-state index in [0.717, 1.165) is 17.4 Å². The van der Waals surface area contributed by atoms with Crippen LogP contribution in [0, 0.1) is 17.1 Å². The topological polar surface area (TPSA) is 59.3 Å². The molecule has 0 saturated heterocycles. The molecule has 112 valence electrons. The van der Waals surface area contributed by atoms with Gasteiger partial charge in [-0.15, -0.1) is 0 Å². The number of carbonyl (C=O) groups is 1. The first-order valence-electron chi connectivity index (χ1n) is 6.72. The third kappa shape index (κ3) is 3.83. The molecule has 0 aliphatic rings. The maximum absolute atomic E-state index is 13.4. The number of hydrogen-bond acceptors (Lipinski definition) is 4. The van der Waals surface area contributed by atoms with E-state index in [9.17, 15) is 9.18 Å². The van der Waals surface area contributed by atoms with E-state index in [1.807, 2.05) is 6.92 Å². The summed E-state index contributed by atoms with van der Waals surface area (Å²) < 4.78 is 23.9. The predicted molar refractivity (Wildman–Crippen MR) is 77.8 cm³/mol. The summed E-state index contributed by atoms with van der Waals surface area (Å²) in [5, 5.41) is 8.64. The number of esters is 1. The summed E-state index contributed by atoms with van der Waals surface area (Å²) in [6, 6.07) is 12.5. The molecule has 2 aromatic rings. The molecular formula is C17H14FNO3. The molecule has 0 fully saturated rings. The summed E-state index contributed by atoms with van der Waals surface area (Å²) in [4.78, 5) is 11.8. The van der Waals surface area contributed by atoms with E-state index in [2.05, 4.69) is 0 Å². The van der Waals surface area contributed by atoms with Crippen LogP contribution in [-0.2, 0) is 11.3 Å². The van der Waals surface area contributed by atoms with Crippen molar-refractivity contribution in [3.05, 3.63) is 65.0 Å². The molecule has 0 atom stereocenters. The summed E-state index contributed by atoms with van der Waals surface area (Å²) in [5.74, 6) is -0.637. The Morgan fingerprint density at radius 3 is 2.55 bits per heavy atom. The minimum absolute atomic E-state index is 0.0717. The Morgan fingerprint density at radius 1 is 1.23 bits per heavy atom. The fraction of sp³-hybridized carbons (Fsp3) is 0.176. The molecule has 0 heterocycles. The lowest BCUT2D eigenvalue weighted by atomic mass is 10.1. The highest BCUT2D eigenvalue weighted by atomic mass is 19.1. The third-order valence-corrected chi connectivity index (χ3v) is 2.93. The number of carbonyl (C=O) groups excluding carboxylic acids is 1. The monoisotopic (exact) mass is 299 g/mol. The van der Waals surface area contributed by atoms with Gasteiger partial charge < -0.3 is 9.47 Å². The molecule has 0 N–H and O–H groups in total. The molecule has 4 nitrogen and oxygen atoms in total. The van der Waals surface area contributed by atoms with E-state index in [4.69, 9.17) is 14.7 Å². The van der Waals surface area contributed by atoms with Crippen LogP contribution in [0.15, 0.2) is 42.5 Å². The molecular weight excluding hydrogens is 285 g/mol. The first-order chi connectivity index (χ1) is 10.6. The average Bonchev–Trinajstić information content (AvgIpc) is 2.54. The van der Waals surface area contributed by atoms with E-state index in [-0.39, 0.29) is 17.7 Å². The second kappa shape index (κ2) is 7.23. The van der Waals surface area contributed by atoms with Crippen molar-refractivity contribution in [2.75, 3.05) is 6.61 Å². The van der Waals surface area contributed by atoms with Crippen LogP contribution >= 0.6 is 0 Å². The molecule has 0 amide bonds. The Balaban J connectivity index is 1.97. The Kier molecular flexibility index (Phi) is 5.10. The zero-order chi connectivity index (χ0) is 15.9. The van der Waals surface area contributed by atoms with Crippen molar-refractivity contribution in [2.24, 2.45) is 0 Å². The van der Waals surface area contributed by atoms with Gasteiger partial charge in [0.25, 0.3) is 0 Å². The maximum atomic E-state index is 13.4. The summed E-state index contributed by atoms with van der Waals surface area (Å²) in [6.45, 7) is 2.55. The van der Waals surface area contributed by atoms with Gasteiger partial charge in [0, 0.05) is 0 Å². The molecule has 2 aromatic carbocycles. The van der Waals surface area contributed by atoms with Crippen LogP contribution < -0.4 is 4.74 Å². The lowest BCUT2D eigenvalue weighted by Crippen LogP contribution is -2.06. The van der Waals surface area contributed by atoms with Crippen LogP contribution in [0.25, 0.3) is 0 Å². The number of nitriles is 1. The molecule has 22 heavy (non-hydrogen) atoms. The minimum atomic E-state index is -0.738. The molecule has 2 rings (SSSR count). The van der Waals surface area contributed by atoms with Crippen molar-refractivity contribution in [3.63, 3.8) is 0 Å². The molecule has 0 radical (unpaired) electrons. The van der Waals surface area contributed by atoms with Gasteiger partial charge in [-0.2, -0.15) is 5.26 Å². The van der Waals surface area contributed by atoms with Gasteiger partial charge in [-0.3, -0.25) is 0 Å². The van der Waals surface area contributed by atoms with Gasteiger partial charge >= 0.3 is 5.97 Å². The molecule has 0 spiro atoms. The average molecular weight is 299 g/mol. The minimum Gasteiger partial charge on any atom is -0.494 e. The largest absolute Gasteiger partial charge is 0.494 e. The normalized spacial score (nSPS) is 9.86. The van der Waals surface area contributed by atoms with Gasteiger partial charge in [0.1, 0.15) is 24.2 Å². The lowest BCUT2D eigenvalue weighted by molar-refractivity contribution is 0.0472. The smallest absolute Gasteiger partial charge is 0.338 e. The molecule has 5 heteroatoms. The van der Waals surface area contributed by atoms with E-state index < -0.39 is 11.8 Å².